The van der Waals surface area contributed by atoms with Gasteiger partial charge in [-0.15, -0.1) is 10.2 Å². The summed E-state index contributed by atoms with van der Waals surface area (Å²) in [6.07, 6.45) is 0.289. The molecule has 0 amide bonds. The summed E-state index contributed by atoms with van der Waals surface area (Å²) in [6, 6.07) is 5.39. The molecule has 0 aliphatic rings. The molecule has 2 aromatic heterocycles. The molecule has 23 heavy (non-hydrogen) atoms. The minimum Gasteiger partial charge on any atom is -0.497 e. The van der Waals surface area contributed by atoms with Crippen molar-refractivity contribution in [1.82, 2.24) is 19.8 Å². The Morgan fingerprint density at radius 1 is 1.26 bits per heavy atom. The highest BCUT2D eigenvalue weighted by Crippen LogP contribution is 2.25. The van der Waals surface area contributed by atoms with Crippen LogP contribution >= 0.6 is 11.3 Å². The SMILES string of the molecule is COc1ccc(Cc2nnc3sc(CN)nn3c2=O)c(OC)c1. The lowest BCUT2D eigenvalue weighted by Gasteiger charge is -2.09. The summed E-state index contributed by atoms with van der Waals surface area (Å²) in [5.74, 6) is 1.30. The molecule has 0 bridgehead atoms. The third-order valence-corrected chi connectivity index (χ3v) is 4.25. The molecule has 8 nitrogen and oxygen atoms in total. The van der Waals surface area contributed by atoms with Crippen molar-refractivity contribution in [3.63, 3.8) is 0 Å². The van der Waals surface area contributed by atoms with Crippen molar-refractivity contribution in [3.05, 3.63) is 44.8 Å². The van der Waals surface area contributed by atoms with Crippen LogP contribution in [0.4, 0.5) is 0 Å². The van der Waals surface area contributed by atoms with E-state index in [0.717, 1.165) is 5.56 Å². The molecule has 3 aromatic rings. The predicted molar refractivity (Wildman–Crippen MR) is 85.2 cm³/mol. The van der Waals surface area contributed by atoms with Crippen LogP contribution in [0.2, 0.25) is 0 Å². The largest absolute Gasteiger partial charge is 0.497 e. The van der Waals surface area contributed by atoms with Gasteiger partial charge in [0.25, 0.3) is 5.56 Å². The van der Waals surface area contributed by atoms with Gasteiger partial charge in [0.2, 0.25) is 4.96 Å². The number of ether oxygens (including phenoxy) is 2. The van der Waals surface area contributed by atoms with E-state index in [1.165, 1.54) is 15.9 Å². The molecule has 3 rings (SSSR count). The van der Waals surface area contributed by atoms with Gasteiger partial charge < -0.3 is 15.2 Å². The number of rotatable bonds is 5. The average molecular weight is 333 g/mol. The molecule has 0 aliphatic carbocycles. The zero-order chi connectivity index (χ0) is 16.4. The first-order valence-corrected chi connectivity index (χ1v) is 7.63. The Morgan fingerprint density at radius 3 is 2.78 bits per heavy atom. The third kappa shape index (κ3) is 2.88. The molecule has 0 spiro atoms. The van der Waals surface area contributed by atoms with E-state index in [9.17, 15) is 4.79 Å². The highest BCUT2D eigenvalue weighted by Gasteiger charge is 2.14. The molecule has 0 unspecified atom stereocenters. The van der Waals surface area contributed by atoms with E-state index in [1.54, 1.807) is 26.4 Å². The lowest BCUT2D eigenvalue weighted by molar-refractivity contribution is 0.391. The van der Waals surface area contributed by atoms with E-state index >= 15 is 0 Å². The van der Waals surface area contributed by atoms with Gasteiger partial charge in [-0.05, 0) is 6.07 Å². The van der Waals surface area contributed by atoms with Crippen LogP contribution in [0.3, 0.4) is 0 Å². The van der Waals surface area contributed by atoms with Gasteiger partial charge in [-0.3, -0.25) is 4.79 Å². The van der Waals surface area contributed by atoms with Gasteiger partial charge in [-0.25, -0.2) is 0 Å². The Balaban J connectivity index is 2.01. The second-order valence-electron chi connectivity index (χ2n) is 4.70. The smallest absolute Gasteiger partial charge is 0.297 e. The molecule has 2 heterocycles. The van der Waals surface area contributed by atoms with Crippen molar-refractivity contribution < 1.29 is 9.47 Å². The number of benzene rings is 1. The van der Waals surface area contributed by atoms with Crippen LogP contribution in [0, 0.1) is 0 Å². The first kappa shape index (κ1) is 15.4. The highest BCUT2D eigenvalue weighted by atomic mass is 32.1. The standard InChI is InChI=1S/C14H15N5O3S/c1-21-9-4-3-8(11(6-9)22-2)5-10-13(20)19-14(17-16-10)23-12(7-15)18-19/h3-4,6H,5,7,15H2,1-2H3. The second kappa shape index (κ2) is 6.31. The Kier molecular flexibility index (Phi) is 4.22. The predicted octanol–water partition coefficient (Wildman–Crippen LogP) is 0.613. The zero-order valence-electron chi connectivity index (χ0n) is 12.6. The van der Waals surface area contributed by atoms with Crippen molar-refractivity contribution in [1.29, 1.82) is 0 Å². The minimum atomic E-state index is -0.302. The van der Waals surface area contributed by atoms with Crippen LogP contribution in [0.1, 0.15) is 16.3 Å². The molecule has 0 aliphatic heterocycles. The van der Waals surface area contributed by atoms with Crippen LogP contribution in [0.25, 0.3) is 4.96 Å². The summed E-state index contributed by atoms with van der Waals surface area (Å²) in [7, 11) is 3.14. The summed E-state index contributed by atoms with van der Waals surface area (Å²) in [4.78, 5) is 12.9. The lowest BCUT2D eigenvalue weighted by Crippen LogP contribution is -2.22. The zero-order valence-corrected chi connectivity index (χ0v) is 13.5. The van der Waals surface area contributed by atoms with Gasteiger partial charge in [-0.1, -0.05) is 17.4 Å². The van der Waals surface area contributed by atoms with Gasteiger partial charge in [0.05, 0.1) is 14.2 Å². The number of hydrogen-bond acceptors (Lipinski definition) is 8. The lowest BCUT2D eigenvalue weighted by atomic mass is 10.1. The van der Waals surface area contributed by atoms with Crippen LogP contribution in [-0.2, 0) is 13.0 Å². The van der Waals surface area contributed by atoms with Crippen LogP contribution in [0.5, 0.6) is 11.5 Å². The van der Waals surface area contributed by atoms with Gasteiger partial charge >= 0.3 is 0 Å². The fourth-order valence-electron chi connectivity index (χ4n) is 2.16. The van der Waals surface area contributed by atoms with Gasteiger partial charge in [0.15, 0.2) is 0 Å². The summed E-state index contributed by atoms with van der Waals surface area (Å²) in [5, 5.41) is 12.9. The average Bonchev–Trinajstić information content (AvgIpc) is 3.02. The minimum absolute atomic E-state index is 0.259. The summed E-state index contributed by atoms with van der Waals surface area (Å²) >= 11 is 1.25. The Morgan fingerprint density at radius 2 is 2.09 bits per heavy atom. The number of hydrogen-bond donors (Lipinski definition) is 1. The van der Waals surface area contributed by atoms with E-state index in [-0.39, 0.29) is 18.5 Å². The fourth-order valence-corrected chi connectivity index (χ4v) is 2.87. The normalized spacial score (nSPS) is 10.9. The van der Waals surface area contributed by atoms with Crippen LogP contribution < -0.4 is 20.8 Å². The fraction of sp³-hybridized carbons (Fsp3) is 0.286. The number of fused-ring (bicyclic) bond motifs is 1. The van der Waals surface area contributed by atoms with Crippen molar-refractivity contribution in [2.45, 2.75) is 13.0 Å². The maximum atomic E-state index is 12.5. The molecule has 0 saturated carbocycles. The second-order valence-corrected chi connectivity index (χ2v) is 5.74. The van der Waals surface area contributed by atoms with E-state index < -0.39 is 0 Å². The molecule has 1 aromatic carbocycles. The van der Waals surface area contributed by atoms with Crippen LogP contribution in [-0.4, -0.2) is 34.0 Å². The number of methoxy groups -OCH3 is 2. The third-order valence-electron chi connectivity index (χ3n) is 3.32. The first-order chi connectivity index (χ1) is 11.2. The Hall–Kier alpha value is -2.52. The molecule has 0 fully saturated rings. The van der Waals surface area contributed by atoms with Crippen LogP contribution in [0.15, 0.2) is 23.0 Å². The molecule has 0 atom stereocenters. The molecule has 2 N–H and O–H groups in total. The quantitative estimate of drug-likeness (QED) is 0.729. The van der Waals surface area contributed by atoms with E-state index in [0.29, 0.717) is 27.2 Å². The van der Waals surface area contributed by atoms with E-state index in [1.807, 2.05) is 6.07 Å². The molecule has 120 valence electrons. The van der Waals surface area contributed by atoms with Crippen molar-refractivity contribution in [2.24, 2.45) is 5.73 Å². The topological polar surface area (TPSA) is 105 Å². The Bertz CT molecular complexity index is 905. The maximum Gasteiger partial charge on any atom is 0.297 e. The number of aromatic nitrogens is 4. The van der Waals surface area contributed by atoms with Gasteiger partial charge in [0.1, 0.15) is 22.2 Å². The number of nitrogens with zero attached hydrogens (tertiary/aromatic N) is 4. The number of nitrogens with two attached hydrogens (primary N) is 1. The van der Waals surface area contributed by atoms with Gasteiger partial charge in [0, 0.05) is 24.6 Å². The highest BCUT2D eigenvalue weighted by molar-refractivity contribution is 7.16. The summed E-state index contributed by atoms with van der Waals surface area (Å²) in [6.45, 7) is 0.259. The monoisotopic (exact) mass is 333 g/mol. The molecule has 0 radical (unpaired) electrons. The maximum absolute atomic E-state index is 12.5. The van der Waals surface area contributed by atoms with E-state index in [4.69, 9.17) is 15.2 Å². The summed E-state index contributed by atoms with van der Waals surface area (Å²) in [5.41, 5.74) is 6.35. The van der Waals surface area contributed by atoms with Crippen molar-refractivity contribution in [3.8, 4) is 11.5 Å². The van der Waals surface area contributed by atoms with Crippen molar-refractivity contribution >= 4 is 16.3 Å². The first-order valence-electron chi connectivity index (χ1n) is 6.81. The van der Waals surface area contributed by atoms with Crippen molar-refractivity contribution in [2.75, 3.05) is 14.2 Å². The molecule has 0 saturated heterocycles. The molecular formula is C14H15N5O3S. The molecular weight excluding hydrogens is 318 g/mol. The molecule has 9 heteroatoms. The van der Waals surface area contributed by atoms with Gasteiger partial charge in [-0.2, -0.15) is 9.61 Å². The Labute approximate surface area is 135 Å². The van der Waals surface area contributed by atoms with E-state index in [2.05, 4.69) is 15.3 Å². The summed E-state index contributed by atoms with van der Waals surface area (Å²) < 4.78 is 11.7.